The summed E-state index contributed by atoms with van der Waals surface area (Å²) in [6.07, 6.45) is 5.18. The van der Waals surface area contributed by atoms with Crippen molar-refractivity contribution in [2.45, 2.75) is 51.2 Å². The smallest absolute Gasteiger partial charge is 0.300 e. The highest BCUT2D eigenvalue weighted by Gasteiger charge is 2.28. The lowest BCUT2D eigenvalue weighted by molar-refractivity contribution is 0.143. The molecule has 126 valence electrons. The third-order valence-corrected chi connectivity index (χ3v) is 5.01. The van der Waals surface area contributed by atoms with Gasteiger partial charge in [-0.3, -0.25) is 9.36 Å². The highest BCUT2D eigenvalue weighted by atomic mass is 16.6. The zero-order valence-electron chi connectivity index (χ0n) is 14.1. The van der Waals surface area contributed by atoms with E-state index >= 15 is 0 Å². The second kappa shape index (κ2) is 5.65. The molecule has 0 saturated heterocycles. The molecule has 1 aliphatic carbocycles. The molecule has 1 aliphatic heterocycles. The summed E-state index contributed by atoms with van der Waals surface area (Å²) in [5.41, 5.74) is 2.81. The molecule has 4 rings (SSSR count). The van der Waals surface area contributed by atoms with E-state index in [-0.39, 0.29) is 17.1 Å². The molecule has 1 unspecified atom stereocenters. The fourth-order valence-corrected chi connectivity index (χ4v) is 3.71. The van der Waals surface area contributed by atoms with Crippen molar-refractivity contribution < 1.29 is 9.47 Å². The van der Waals surface area contributed by atoms with E-state index in [1.165, 1.54) is 30.0 Å². The van der Waals surface area contributed by atoms with Crippen LogP contribution in [0, 0.1) is 0 Å². The fraction of sp³-hybridized carbons (Fsp3) is 0.474. The number of fused-ring (bicyclic) bond motifs is 2. The van der Waals surface area contributed by atoms with Gasteiger partial charge in [-0.2, -0.15) is 4.98 Å². The van der Waals surface area contributed by atoms with Gasteiger partial charge in [-0.1, -0.05) is 19.9 Å². The highest BCUT2D eigenvalue weighted by molar-refractivity contribution is 5.41. The minimum atomic E-state index is -0.278. The summed E-state index contributed by atoms with van der Waals surface area (Å²) in [6, 6.07) is 8.24. The van der Waals surface area contributed by atoms with Crippen LogP contribution in [0.15, 0.2) is 35.3 Å². The van der Waals surface area contributed by atoms with Crippen LogP contribution in [0.5, 0.6) is 11.8 Å². The molecule has 5 heteroatoms. The van der Waals surface area contributed by atoms with Crippen molar-refractivity contribution >= 4 is 0 Å². The number of benzene rings is 1. The summed E-state index contributed by atoms with van der Waals surface area (Å²) in [4.78, 5) is 15.1. The van der Waals surface area contributed by atoms with Gasteiger partial charge >= 0.3 is 0 Å². The molecule has 2 heterocycles. The molecule has 1 atom stereocenters. The Morgan fingerprint density at radius 1 is 1.38 bits per heavy atom. The molecule has 0 radical (unpaired) electrons. The van der Waals surface area contributed by atoms with Gasteiger partial charge in [0.05, 0.1) is 6.54 Å². The summed E-state index contributed by atoms with van der Waals surface area (Å²) in [5.74, 6) is 0.883. The van der Waals surface area contributed by atoms with Crippen molar-refractivity contribution in [3.05, 3.63) is 51.9 Å². The van der Waals surface area contributed by atoms with E-state index in [1.807, 2.05) is 4.57 Å². The molecule has 5 nitrogen and oxygen atoms in total. The average molecular weight is 326 g/mol. The van der Waals surface area contributed by atoms with Crippen LogP contribution in [0.4, 0.5) is 0 Å². The lowest BCUT2D eigenvalue weighted by Crippen LogP contribution is -2.25. The van der Waals surface area contributed by atoms with Gasteiger partial charge in [-0.25, -0.2) is 0 Å². The van der Waals surface area contributed by atoms with Gasteiger partial charge in [-0.15, -0.1) is 0 Å². The maximum Gasteiger partial charge on any atom is 0.300 e. The van der Waals surface area contributed by atoms with Crippen molar-refractivity contribution in [1.82, 2.24) is 9.55 Å². The third-order valence-electron chi connectivity index (χ3n) is 5.01. The Morgan fingerprint density at radius 3 is 3.12 bits per heavy atom. The van der Waals surface area contributed by atoms with Crippen molar-refractivity contribution in [3.63, 3.8) is 0 Å². The first kappa shape index (κ1) is 15.2. The number of aromatic nitrogens is 2. The number of aryl methyl sites for hydroxylation is 1. The molecule has 0 amide bonds. The summed E-state index contributed by atoms with van der Waals surface area (Å²) >= 11 is 0. The lowest BCUT2D eigenvalue weighted by Gasteiger charge is -2.32. The van der Waals surface area contributed by atoms with Crippen molar-refractivity contribution in [2.24, 2.45) is 0 Å². The van der Waals surface area contributed by atoms with Gasteiger partial charge in [0.2, 0.25) is 0 Å². The quantitative estimate of drug-likeness (QED) is 0.870. The van der Waals surface area contributed by atoms with E-state index in [0.717, 1.165) is 12.2 Å². The van der Waals surface area contributed by atoms with Crippen LogP contribution in [0.2, 0.25) is 0 Å². The van der Waals surface area contributed by atoms with E-state index in [0.29, 0.717) is 19.2 Å². The van der Waals surface area contributed by atoms with E-state index in [2.05, 4.69) is 37.0 Å². The van der Waals surface area contributed by atoms with Gasteiger partial charge in [0.1, 0.15) is 12.4 Å². The van der Waals surface area contributed by atoms with Crippen molar-refractivity contribution in [2.75, 3.05) is 6.61 Å². The van der Waals surface area contributed by atoms with E-state index in [4.69, 9.17) is 9.47 Å². The largest absolute Gasteiger partial charge is 0.490 e. The molecular weight excluding hydrogens is 304 g/mol. The van der Waals surface area contributed by atoms with Gasteiger partial charge in [0.15, 0.2) is 6.10 Å². The molecule has 0 spiro atoms. The Labute approximate surface area is 141 Å². The number of ether oxygens (including phenoxy) is 2. The summed E-state index contributed by atoms with van der Waals surface area (Å²) in [5, 5.41) is 0. The minimum absolute atomic E-state index is 0.119. The molecule has 0 bridgehead atoms. The average Bonchev–Trinajstić information content (AvgIpc) is 2.94. The summed E-state index contributed by atoms with van der Waals surface area (Å²) in [6.45, 7) is 5.72. The van der Waals surface area contributed by atoms with Crippen molar-refractivity contribution in [3.8, 4) is 11.8 Å². The van der Waals surface area contributed by atoms with Gasteiger partial charge in [0, 0.05) is 12.3 Å². The van der Waals surface area contributed by atoms with E-state index in [9.17, 15) is 4.79 Å². The monoisotopic (exact) mass is 326 g/mol. The lowest BCUT2D eigenvalue weighted by atomic mass is 9.73. The molecule has 0 saturated carbocycles. The first-order valence-electron chi connectivity index (χ1n) is 8.52. The van der Waals surface area contributed by atoms with Crippen LogP contribution in [0.25, 0.3) is 0 Å². The van der Waals surface area contributed by atoms with Gasteiger partial charge in [-0.05, 0) is 47.9 Å². The van der Waals surface area contributed by atoms with Crippen LogP contribution in [0.1, 0.15) is 37.8 Å². The number of nitrogens with zero attached hydrogens (tertiary/aromatic N) is 2. The van der Waals surface area contributed by atoms with Crippen LogP contribution >= 0.6 is 0 Å². The number of hydrogen-bond acceptors (Lipinski definition) is 4. The highest BCUT2D eigenvalue weighted by Crippen LogP contribution is 2.38. The molecule has 0 fully saturated rings. The molecule has 2 aromatic rings. The topological polar surface area (TPSA) is 53.4 Å². The predicted octanol–water partition coefficient (Wildman–Crippen LogP) is 2.70. The first-order chi connectivity index (χ1) is 11.5. The minimum Gasteiger partial charge on any atom is -0.490 e. The zero-order valence-corrected chi connectivity index (χ0v) is 14.1. The van der Waals surface area contributed by atoms with Crippen LogP contribution in [-0.4, -0.2) is 22.3 Å². The molecule has 1 aromatic heterocycles. The predicted molar refractivity (Wildman–Crippen MR) is 90.8 cm³/mol. The Kier molecular flexibility index (Phi) is 3.59. The summed E-state index contributed by atoms with van der Waals surface area (Å²) in [7, 11) is 0. The first-order valence-corrected chi connectivity index (χ1v) is 8.52. The SMILES string of the molecule is CC1(C)CCCc2cc(OCC3Cn4ccc(=O)nc4O3)ccc21. The normalized spacial score (nSPS) is 20.8. The van der Waals surface area contributed by atoms with Crippen LogP contribution in [0.3, 0.4) is 0 Å². The Morgan fingerprint density at radius 2 is 2.25 bits per heavy atom. The molecule has 0 N–H and O–H groups in total. The Balaban J connectivity index is 1.43. The van der Waals surface area contributed by atoms with Gasteiger partial charge in [0.25, 0.3) is 11.6 Å². The van der Waals surface area contributed by atoms with Crippen LogP contribution < -0.4 is 15.0 Å². The summed E-state index contributed by atoms with van der Waals surface area (Å²) < 4.78 is 13.5. The van der Waals surface area contributed by atoms with Crippen molar-refractivity contribution in [1.29, 1.82) is 0 Å². The molecule has 2 aliphatic rings. The fourth-order valence-electron chi connectivity index (χ4n) is 3.71. The van der Waals surface area contributed by atoms with E-state index < -0.39 is 0 Å². The molecular formula is C19H22N2O3. The second-order valence-corrected chi connectivity index (χ2v) is 7.31. The number of hydrogen-bond donors (Lipinski definition) is 0. The molecule has 1 aromatic carbocycles. The maximum absolute atomic E-state index is 11.3. The van der Waals surface area contributed by atoms with E-state index in [1.54, 1.807) is 6.20 Å². The number of rotatable bonds is 3. The maximum atomic E-state index is 11.3. The Hall–Kier alpha value is -2.30. The van der Waals surface area contributed by atoms with Crippen LogP contribution in [-0.2, 0) is 18.4 Å². The second-order valence-electron chi connectivity index (χ2n) is 7.31. The standard InChI is InChI=1S/C19H22N2O3/c1-19(2)8-3-4-13-10-14(5-6-16(13)19)23-12-15-11-21-9-7-17(22)20-18(21)24-15/h5-7,9-10,15H,3-4,8,11-12H2,1-2H3. The third kappa shape index (κ3) is 2.79. The molecule has 24 heavy (non-hydrogen) atoms. The van der Waals surface area contributed by atoms with Gasteiger partial charge < -0.3 is 9.47 Å². The Bertz CT molecular complexity index is 826. The zero-order chi connectivity index (χ0) is 16.7.